The first-order chi connectivity index (χ1) is 13.7. The van der Waals surface area contributed by atoms with Crippen LogP contribution in [-0.4, -0.2) is 41.3 Å². The van der Waals surface area contributed by atoms with E-state index in [1.807, 2.05) is 43.3 Å². The van der Waals surface area contributed by atoms with E-state index in [-0.39, 0.29) is 17.3 Å². The summed E-state index contributed by atoms with van der Waals surface area (Å²) in [7, 11) is 0. The molecule has 0 spiro atoms. The molecule has 1 saturated carbocycles. The molecule has 1 aromatic carbocycles. The molecule has 6 atom stereocenters. The number of carbonyl (C=O) groups is 1. The van der Waals surface area contributed by atoms with Gasteiger partial charge in [0.25, 0.3) is 0 Å². The summed E-state index contributed by atoms with van der Waals surface area (Å²) in [6.45, 7) is 6.64. The molecule has 5 heteroatoms. The Bertz CT molecular complexity index is 827. The molecule has 0 amide bonds. The minimum absolute atomic E-state index is 0.148. The average Bonchev–Trinajstić information content (AvgIpc) is 3.04. The fraction of sp³-hybridized carbons (Fsp3) is 0.542. The molecule has 5 nitrogen and oxygen atoms in total. The lowest BCUT2D eigenvalue weighted by Crippen LogP contribution is -2.62. The van der Waals surface area contributed by atoms with Crippen LogP contribution in [0.1, 0.15) is 39.2 Å². The maximum absolute atomic E-state index is 12.6. The van der Waals surface area contributed by atoms with Gasteiger partial charge in [-0.1, -0.05) is 57.2 Å². The summed E-state index contributed by atoms with van der Waals surface area (Å²) in [5.41, 5.74) is 1.07. The van der Waals surface area contributed by atoms with Gasteiger partial charge in [-0.15, -0.1) is 0 Å². The first-order valence-electron chi connectivity index (χ1n) is 10.4. The normalized spacial score (nSPS) is 38.2. The van der Waals surface area contributed by atoms with Gasteiger partial charge in [0.2, 0.25) is 0 Å². The molecule has 0 radical (unpaired) electrons. The number of aliphatic hydroxyl groups is 2. The van der Waals surface area contributed by atoms with Crippen molar-refractivity contribution in [3.05, 3.63) is 53.6 Å². The third-order valence-electron chi connectivity index (χ3n) is 7.23. The quantitative estimate of drug-likeness (QED) is 0.464. The molecular weight excluding hydrogens is 368 g/mol. The van der Waals surface area contributed by atoms with E-state index in [1.165, 1.54) is 6.08 Å². The Morgan fingerprint density at radius 3 is 2.66 bits per heavy atom. The summed E-state index contributed by atoms with van der Waals surface area (Å²) < 4.78 is 11.5. The van der Waals surface area contributed by atoms with Crippen molar-refractivity contribution in [1.82, 2.24) is 0 Å². The Kier molecular flexibility index (Phi) is 5.18. The van der Waals surface area contributed by atoms with E-state index < -0.39 is 29.9 Å². The molecule has 1 aromatic rings. The molecule has 1 aliphatic heterocycles. The highest BCUT2D eigenvalue weighted by Gasteiger charge is 2.64. The number of carbonyl (C=O) groups excluding carboxylic acids is 1. The molecular formula is C24H30O5. The van der Waals surface area contributed by atoms with Gasteiger partial charge in [-0.25, -0.2) is 4.79 Å². The zero-order valence-corrected chi connectivity index (χ0v) is 17.2. The number of esters is 1. The fourth-order valence-corrected chi connectivity index (χ4v) is 6.05. The molecule has 1 saturated heterocycles. The van der Waals surface area contributed by atoms with E-state index in [4.69, 9.17) is 9.47 Å². The van der Waals surface area contributed by atoms with E-state index in [0.29, 0.717) is 13.0 Å². The van der Waals surface area contributed by atoms with Gasteiger partial charge in [-0.2, -0.15) is 0 Å². The summed E-state index contributed by atoms with van der Waals surface area (Å²) in [6.07, 6.45) is 4.54. The van der Waals surface area contributed by atoms with Crippen LogP contribution in [0.15, 0.2) is 48.1 Å². The molecule has 2 aliphatic carbocycles. The number of rotatable bonds is 3. The molecule has 156 valence electrons. The summed E-state index contributed by atoms with van der Waals surface area (Å²) in [4.78, 5) is 12.6. The predicted octanol–water partition coefficient (Wildman–Crippen LogP) is 3.32. The highest BCUT2D eigenvalue weighted by molar-refractivity contribution is 5.87. The molecule has 0 bridgehead atoms. The van der Waals surface area contributed by atoms with Crippen LogP contribution in [-0.2, 0) is 14.3 Å². The lowest BCUT2D eigenvalue weighted by Gasteiger charge is -2.59. The van der Waals surface area contributed by atoms with Gasteiger partial charge < -0.3 is 19.7 Å². The molecule has 29 heavy (non-hydrogen) atoms. The molecule has 4 rings (SSSR count). The second kappa shape index (κ2) is 7.38. The van der Waals surface area contributed by atoms with Crippen LogP contribution in [0.3, 0.4) is 0 Å². The highest BCUT2D eigenvalue weighted by Crippen LogP contribution is 2.62. The van der Waals surface area contributed by atoms with E-state index in [2.05, 4.69) is 13.8 Å². The molecule has 2 N–H and O–H groups in total. The summed E-state index contributed by atoms with van der Waals surface area (Å²) >= 11 is 0. The Hall–Kier alpha value is -1.95. The number of aliphatic hydroxyl groups excluding tert-OH is 2. The topological polar surface area (TPSA) is 76.0 Å². The van der Waals surface area contributed by atoms with E-state index in [1.54, 1.807) is 6.08 Å². The van der Waals surface area contributed by atoms with Gasteiger partial charge in [0.05, 0.1) is 12.7 Å². The van der Waals surface area contributed by atoms with Crippen LogP contribution < -0.4 is 0 Å². The second-order valence-electron chi connectivity index (χ2n) is 9.45. The van der Waals surface area contributed by atoms with Gasteiger partial charge in [0, 0.05) is 23.3 Å². The van der Waals surface area contributed by atoms with Crippen LogP contribution in [0, 0.1) is 22.7 Å². The second-order valence-corrected chi connectivity index (χ2v) is 9.45. The number of benzene rings is 1. The van der Waals surface area contributed by atoms with Crippen molar-refractivity contribution in [2.24, 2.45) is 22.7 Å². The lowest BCUT2D eigenvalue weighted by molar-refractivity contribution is -0.211. The van der Waals surface area contributed by atoms with Crippen molar-refractivity contribution >= 4 is 12.0 Å². The summed E-state index contributed by atoms with van der Waals surface area (Å²) in [5.74, 6) is -0.839. The smallest absolute Gasteiger partial charge is 0.331 e. The molecule has 3 aliphatic rings. The first kappa shape index (κ1) is 20.3. The zero-order chi connectivity index (χ0) is 20.8. The molecule has 0 aromatic heterocycles. The van der Waals surface area contributed by atoms with Crippen molar-refractivity contribution in [2.45, 2.75) is 52.1 Å². The maximum Gasteiger partial charge on any atom is 0.331 e. The Morgan fingerprint density at radius 2 is 1.93 bits per heavy atom. The van der Waals surface area contributed by atoms with Gasteiger partial charge in [-0.05, 0) is 35.5 Å². The minimum atomic E-state index is -0.948. The fourth-order valence-electron chi connectivity index (χ4n) is 6.05. The Morgan fingerprint density at radius 1 is 1.21 bits per heavy atom. The monoisotopic (exact) mass is 398 g/mol. The van der Waals surface area contributed by atoms with Crippen molar-refractivity contribution in [1.29, 1.82) is 0 Å². The Balaban J connectivity index is 1.63. The van der Waals surface area contributed by atoms with Crippen molar-refractivity contribution in [2.75, 3.05) is 6.61 Å². The summed E-state index contributed by atoms with van der Waals surface area (Å²) in [5, 5.41) is 21.6. The van der Waals surface area contributed by atoms with Crippen molar-refractivity contribution < 1.29 is 24.5 Å². The van der Waals surface area contributed by atoms with Gasteiger partial charge >= 0.3 is 5.97 Å². The third kappa shape index (κ3) is 3.45. The first-order valence-corrected chi connectivity index (χ1v) is 10.4. The van der Waals surface area contributed by atoms with E-state index in [0.717, 1.165) is 17.6 Å². The number of ether oxygens (including phenoxy) is 2. The standard InChI is InChI=1S/C24H30O5/c1-23(2)12-11-18(29-19(26)10-9-15-7-5-4-6-8-15)24(3)20-16(14-28-22(20)27)13-17(25)21(23)24/h4-10,13,17-18,20-22,25,27H,11-12,14H2,1-3H3/b10-9+/t17-,18+,20+,21-,22+,24+/m0/s1. The van der Waals surface area contributed by atoms with E-state index in [9.17, 15) is 15.0 Å². The van der Waals surface area contributed by atoms with Gasteiger partial charge in [0.1, 0.15) is 6.10 Å². The van der Waals surface area contributed by atoms with Crippen LogP contribution in [0.4, 0.5) is 0 Å². The highest BCUT2D eigenvalue weighted by atomic mass is 16.6. The number of hydrogen-bond donors (Lipinski definition) is 2. The van der Waals surface area contributed by atoms with Crippen LogP contribution in [0.5, 0.6) is 0 Å². The molecule has 2 fully saturated rings. The summed E-state index contributed by atoms with van der Waals surface area (Å²) in [6, 6.07) is 9.60. The molecule has 1 heterocycles. The van der Waals surface area contributed by atoms with Crippen molar-refractivity contribution in [3.8, 4) is 0 Å². The third-order valence-corrected chi connectivity index (χ3v) is 7.23. The van der Waals surface area contributed by atoms with Crippen molar-refractivity contribution in [3.63, 3.8) is 0 Å². The average molecular weight is 398 g/mol. The van der Waals surface area contributed by atoms with Gasteiger partial charge in [0.15, 0.2) is 6.29 Å². The maximum atomic E-state index is 12.6. The van der Waals surface area contributed by atoms with Crippen LogP contribution in [0.2, 0.25) is 0 Å². The zero-order valence-electron chi connectivity index (χ0n) is 17.2. The SMILES string of the molecule is CC1(C)CC[C@@H](OC(=O)/C=C/c2ccccc2)[C@]2(C)[C@@H]3C(=C[C@H](O)[C@@H]12)CO[C@H]3O. The minimum Gasteiger partial charge on any atom is -0.459 e. The molecule has 0 unspecified atom stereocenters. The van der Waals surface area contributed by atoms with Crippen LogP contribution in [0.25, 0.3) is 6.08 Å². The lowest BCUT2D eigenvalue weighted by atomic mass is 9.47. The van der Waals surface area contributed by atoms with Gasteiger partial charge in [-0.3, -0.25) is 0 Å². The predicted molar refractivity (Wildman–Crippen MR) is 110 cm³/mol. The number of fused-ring (bicyclic) bond motifs is 3. The number of hydrogen-bond acceptors (Lipinski definition) is 5. The largest absolute Gasteiger partial charge is 0.459 e. The van der Waals surface area contributed by atoms with E-state index >= 15 is 0 Å². The Labute approximate surface area is 172 Å². The van der Waals surface area contributed by atoms with Crippen LogP contribution >= 0.6 is 0 Å².